The second-order valence-corrected chi connectivity index (χ2v) is 6.36. The first kappa shape index (κ1) is 15.1. The van der Waals surface area contributed by atoms with Gasteiger partial charge in [-0.3, -0.25) is 9.58 Å². The van der Waals surface area contributed by atoms with Crippen molar-refractivity contribution in [1.29, 1.82) is 0 Å². The Hall–Kier alpha value is -2.41. The van der Waals surface area contributed by atoms with Crippen molar-refractivity contribution in [1.82, 2.24) is 24.8 Å². The SMILES string of the molecule is Cc1cc(C)n(C[C@@H]2CCCN2Cc2nc(-c3ccco3)no2)n1. The maximum atomic E-state index is 5.39. The summed E-state index contributed by atoms with van der Waals surface area (Å²) in [6, 6.07) is 6.21. The molecule has 0 unspecified atom stereocenters. The Balaban J connectivity index is 1.44. The highest BCUT2D eigenvalue weighted by Gasteiger charge is 2.27. The molecule has 0 aromatic carbocycles. The lowest BCUT2D eigenvalue weighted by atomic mass is 10.2. The topological polar surface area (TPSA) is 73.1 Å². The highest BCUT2D eigenvalue weighted by atomic mass is 16.5. The first-order valence-electron chi connectivity index (χ1n) is 8.30. The van der Waals surface area contributed by atoms with Gasteiger partial charge in [-0.15, -0.1) is 0 Å². The van der Waals surface area contributed by atoms with Gasteiger partial charge in [-0.2, -0.15) is 10.1 Å². The minimum atomic E-state index is 0.446. The molecule has 1 aliphatic heterocycles. The molecule has 24 heavy (non-hydrogen) atoms. The third-order valence-electron chi connectivity index (χ3n) is 4.53. The second kappa shape index (κ2) is 6.24. The fraction of sp³-hybridized carbons (Fsp3) is 0.471. The van der Waals surface area contributed by atoms with E-state index in [1.54, 1.807) is 6.26 Å². The van der Waals surface area contributed by atoms with Crippen molar-refractivity contribution in [3.63, 3.8) is 0 Å². The van der Waals surface area contributed by atoms with Crippen LogP contribution in [0.3, 0.4) is 0 Å². The van der Waals surface area contributed by atoms with Gasteiger partial charge in [-0.05, 0) is 51.4 Å². The molecule has 0 spiro atoms. The van der Waals surface area contributed by atoms with Gasteiger partial charge in [0, 0.05) is 11.7 Å². The molecule has 4 heterocycles. The Bertz CT molecular complexity index is 805. The normalized spacial score (nSPS) is 18.5. The smallest absolute Gasteiger partial charge is 0.241 e. The molecule has 126 valence electrons. The van der Waals surface area contributed by atoms with Crippen molar-refractivity contribution in [3.8, 4) is 11.6 Å². The maximum absolute atomic E-state index is 5.39. The molecule has 7 heteroatoms. The van der Waals surface area contributed by atoms with Crippen LogP contribution in [-0.4, -0.2) is 37.4 Å². The molecule has 0 saturated carbocycles. The molecule has 0 bridgehead atoms. The van der Waals surface area contributed by atoms with Crippen LogP contribution in [0.4, 0.5) is 0 Å². The fourth-order valence-corrected chi connectivity index (χ4v) is 3.37. The van der Waals surface area contributed by atoms with E-state index in [1.165, 1.54) is 12.1 Å². The van der Waals surface area contributed by atoms with Gasteiger partial charge in [0.05, 0.1) is 25.0 Å². The van der Waals surface area contributed by atoms with E-state index in [-0.39, 0.29) is 0 Å². The summed E-state index contributed by atoms with van der Waals surface area (Å²) in [5.41, 5.74) is 2.27. The van der Waals surface area contributed by atoms with Crippen molar-refractivity contribution in [2.45, 2.75) is 45.8 Å². The summed E-state index contributed by atoms with van der Waals surface area (Å²) in [6.45, 7) is 6.75. The lowest BCUT2D eigenvalue weighted by Gasteiger charge is -2.23. The molecular formula is C17H21N5O2. The van der Waals surface area contributed by atoms with Crippen LogP contribution >= 0.6 is 0 Å². The highest BCUT2D eigenvalue weighted by Crippen LogP contribution is 2.23. The van der Waals surface area contributed by atoms with E-state index < -0.39 is 0 Å². The van der Waals surface area contributed by atoms with Crippen molar-refractivity contribution in [2.24, 2.45) is 0 Å². The summed E-state index contributed by atoms with van der Waals surface area (Å²) in [7, 11) is 0. The van der Waals surface area contributed by atoms with Gasteiger partial charge in [-0.25, -0.2) is 0 Å². The molecular weight excluding hydrogens is 306 g/mol. The van der Waals surface area contributed by atoms with Crippen molar-refractivity contribution >= 4 is 0 Å². The summed E-state index contributed by atoms with van der Waals surface area (Å²) in [5.74, 6) is 1.76. The molecule has 4 rings (SSSR count). The van der Waals surface area contributed by atoms with Crippen LogP contribution in [0.1, 0.15) is 30.1 Å². The lowest BCUT2D eigenvalue weighted by molar-refractivity contribution is 0.191. The fourth-order valence-electron chi connectivity index (χ4n) is 3.37. The molecule has 0 amide bonds. The number of likely N-dealkylation sites (tertiary alicyclic amines) is 1. The van der Waals surface area contributed by atoms with Crippen LogP contribution in [0.5, 0.6) is 0 Å². The van der Waals surface area contributed by atoms with Crippen LogP contribution in [0.2, 0.25) is 0 Å². The van der Waals surface area contributed by atoms with Gasteiger partial charge < -0.3 is 8.94 Å². The van der Waals surface area contributed by atoms with E-state index in [0.29, 0.717) is 30.1 Å². The average Bonchev–Trinajstić information content (AvgIpc) is 3.30. The van der Waals surface area contributed by atoms with Gasteiger partial charge in [-0.1, -0.05) is 5.16 Å². The van der Waals surface area contributed by atoms with Crippen molar-refractivity contribution in [3.05, 3.63) is 41.7 Å². The monoisotopic (exact) mass is 327 g/mol. The van der Waals surface area contributed by atoms with E-state index in [1.807, 2.05) is 19.1 Å². The standard InChI is InChI=1S/C17H21N5O2/c1-12-9-13(2)22(19-12)10-14-5-3-7-21(14)11-16-18-17(20-24-16)15-6-4-8-23-15/h4,6,8-9,14H,3,5,7,10-11H2,1-2H3/t14-/m0/s1. The van der Waals surface area contributed by atoms with Gasteiger partial charge in [0.1, 0.15) is 0 Å². The van der Waals surface area contributed by atoms with E-state index in [0.717, 1.165) is 25.2 Å². The lowest BCUT2D eigenvalue weighted by Crippen LogP contribution is -2.33. The van der Waals surface area contributed by atoms with E-state index in [9.17, 15) is 0 Å². The number of hydrogen-bond acceptors (Lipinski definition) is 6. The zero-order valence-electron chi connectivity index (χ0n) is 14.0. The van der Waals surface area contributed by atoms with Crippen LogP contribution in [0.25, 0.3) is 11.6 Å². The molecule has 1 atom stereocenters. The van der Waals surface area contributed by atoms with Gasteiger partial charge in [0.2, 0.25) is 11.7 Å². The van der Waals surface area contributed by atoms with Crippen LogP contribution < -0.4 is 0 Å². The molecule has 3 aromatic heterocycles. The predicted molar refractivity (Wildman–Crippen MR) is 87.1 cm³/mol. The quantitative estimate of drug-likeness (QED) is 0.717. The Kier molecular flexibility index (Phi) is 3.93. The summed E-state index contributed by atoms with van der Waals surface area (Å²) in [5, 5.41) is 8.58. The van der Waals surface area contributed by atoms with Gasteiger partial charge in [0.15, 0.2) is 5.76 Å². The molecule has 1 fully saturated rings. The predicted octanol–water partition coefficient (Wildman–Crippen LogP) is 2.81. The van der Waals surface area contributed by atoms with Crippen molar-refractivity contribution in [2.75, 3.05) is 6.54 Å². The highest BCUT2D eigenvalue weighted by molar-refractivity contribution is 5.44. The molecule has 7 nitrogen and oxygen atoms in total. The second-order valence-electron chi connectivity index (χ2n) is 6.36. The number of hydrogen-bond donors (Lipinski definition) is 0. The Morgan fingerprint density at radius 1 is 1.33 bits per heavy atom. The molecule has 3 aromatic rings. The third kappa shape index (κ3) is 2.99. The minimum Gasteiger partial charge on any atom is -0.461 e. The molecule has 0 radical (unpaired) electrons. The van der Waals surface area contributed by atoms with E-state index in [2.05, 4.69) is 37.8 Å². The number of furan rings is 1. The largest absolute Gasteiger partial charge is 0.461 e. The zero-order valence-corrected chi connectivity index (χ0v) is 14.0. The Morgan fingerprint density at radius 3 is 3.00 bits per heavy atom. The number of aromatic nitrogens is 4. The van der Waals surface area contributed by atoms with Crippen LogP contribution in [0.15, 0.2) is 33.4 Å². The summed E-state index contributed by atoms with van der Waals surface area (Å²) in [4.78, 5) is 6.84. The number of aryl methyl sites for hydroxylation is 2. The first-order chi connectivity index (χ1) is 11.7. The van der Waals surface area contributed by atoms with Gasteiger partial charge in [0.25, 0.3) is 0 Å². The molecule has 0 N–H and O–H groups in total. The third-order valence-corrected chi connectivity index (χ3v) is 4.53. The van der Waals surface area contributed by atoms with E-state index >= 15 is 0 Å². The van der Waals surface area contributed by atoms with Crippen molar-refractivity contribution < 1.29 is 8.94 Å². The average molecular weight is 327 g/mol. The minimum absolute atomic E-state index is 0.446. The zero-order chi connectivity index (χ0) is 16.5. The molecule has 1 aliphatic rings. The summed E-state index contributed by atoms with van der Waals surface area (Å²) >= 11 is 0. The maximum Gasteiger partial charge on any atom is 0.241 e. The molecule has 1 saturated heterocycles. The summed E-state index contributed by atoms with van der Waals surface area (Å²) in [6.07, 6.45) is 3.96. The van der Waals surface area contributed by atoms with Crippen LogP contribution in [0, 0.1) is 13.8 Å². The number of nitrogens with zero attached hydrogens (tertiary/aromatic N) is 5. The van der Waals surface area contributed by atoms with Gasteiger partial charge >= 0.3 is 0 Å². The summed E-state index contributed by atoms with van der Waals surface area (Å²) < 4.78 is 12.8. The van der Waals surface area contributed by atoms with Crippen LogP contribution in [-0.2, 0) is 13.1 Å². The Morgan fingerprint density at radius 2 is 2.25 bits per heavy atom. The first-order valence-corrected chi connectivity index (χ1v) is 8.30. The molecule has 0 aliphatic carbocycles. The van der Waals surface area contributed by atoms with E-state index in [4.69, 9.17) is 8.94 Å². The number of rotatable bonds is 5. The Labute approximate surface area is 140 Å².